The first kappa shape index (κ1) is 14.8. The summed E-state index contributed by atoms with van der Waals surface area (Å²) in [5.74, 6) is 0.797. The van der Waals surface area contributed by atoms with E-state index in [-0.39, 0.29) is 0 Å². The molecule has 1 aromatic carbocycles. The molecule has 0 fully saturated rings. The van der Waals surface area contributed by atoms with Crippen LogP contribution < -0.4 is 4.74 Å². The van der Waals surface area contributed by atoms with Crippen molar-refractivity contribution in [3.63, 3.8) is 0 Å². The number of nitrogens with zero attached hydrogens (tertiary/aromatic N) is 3. The summed E-state index contributed by atoms with van der Waals surface area (Å²) >= 11 is 1.50. The van der Waals surface area contributed by atoms with Crippen molar-refractivity contribution < 1.29 is 8.95 Å². The van der Waals surface area contributed by atoms with E-state index in [1.807, 2.05) is 24.3 Å². The molecule has 3 aromatic rings. The van der Waals surface area contributed by atoms with Crippen molar-refractivity contribution in [1.29, 1.82) is 0 Å². The Bertz CT molecular complexity index is 816. The lowest BCUT2D eigenvalue weighted by Gasteiger charge is -2.05. The minimum Gasteiger partial charge on any atom is -0.497 e. The van der Waals surface area contributed by atoms with E-state index < -0.39 is 10.8 Å². The number of ether oxygens (including phenoxy) is 1. The number of aromatic nitrogens is 3. The number of benzene rings is 1. The first-order valence-corrected chi connectivity index (χ1v) is 8.87. The number of rotatable bonds is 4. The summed E-state index contributed by atoms with van der Waals surface area (Å²) in [4.78, 5) is 13.8. The molecule has 0 N–H and O–H groups in total. The Morgan fingerprint density at radius 1 is 1.14 bits per heavy atom. The molecule has 2 aromatic heterocycles. The maximum Gasteiger partial charge on any atom is 0.218 e. The van der Waals surface area contributed by atoms with Gasteiger partial charge < -0.3 is 4.74 Å². The quantitative estimate of drug-likeness (QED) is 0.688. The van der Waals surface area contributed by atoms with Crippen molar-refractivity contribution in [2.45, 2.75) is 5.16 Å². The Kier molecular flexibility index (Phi) is 4.26. The minimum atomic E-state index is -1.21. The van der Waals surface area contributed by atoms with Crippen LogP contribution in [0, 0.1) is 0 Å². The molecule has 7 heteroatoms. The predicted octanol–water partition coefficient (Wildman–Crippen LogP) is 3.01. The van der Waals surface area contributed by atoms with Gasteiger partial charge in [-0.05, 0) is 30.3 Å². The molecule has 0 amide bonds. The highest BCUT2D eigenvalue weighted by Crippen LogP contribution is 2.34. The van der Waals surface area contributed by atoms with Crippen LogP contribution in [0.15, 0.2) is 47.2 Å². The topological polar surface area (TPSA) is 65.0 Å². The van der Waals surface area contributed by atoms with Crippen molar-refractivity contribution in [3.05, 3.63) is 42.0 Å². The zero-order valence-corrected chi connectivity index (χ0v) is 13.6. The molecule has 22 heavy (non-hydrogen) atoms. The SMILES string of the molecule is COc1ccc(-c2ncsc2-c2ccnc(S(C)=O)n2)cc1. The van der Waals surface area contributed by atoms with Crippen LogP contribution in [0.4, 0.5) is 0 Å². The highest BCUT2D eigenvalue weighted by molar-refractivity contribution is 7.84. The smallest absolute Gasteiger partial charge is 0.218 e. The minimum absolute atomic E-state index is 0.326. The summed E-state index contributed by atoms with van der Waals surface area (Å²) in [5, 5.41) is 0.326. The van der Waals surface area contributed by atoms with Crippen LogP contribution in [0.1, 0.15) is 0 Å². The van der Waals surface area contributed by atoms with Gasteiger partial charge in [-0.15, -0.1) is 11.3 Å². The van der Waals surface area contributed by atoms with Gasteiger partial charge in [-0.2, -0.15) is 0 Å². The fourth-order valence-electron chi connectivity index (χ4n) is 1.99. The molecular weight excluding hydrogens is 318 g/mol. The lowest BCUT2D eigenvalue weighted by atomic mass is 10.1. The van der Waals surface area contributed by atoms with Crippen LogP contribution in [0.2, 0.25) is 0 Å². The van der Waals surface area contributed by atoms with Crippen LogP contribution in [-0.4, -0.2) is 32.5 Å². The van der Waals surface area contributed by atoms with Crippen LogP contribution in [0.25, 0.3) is 21.8 Å². The largest absolute Gasteiger partial charge is 0.497 e. The van der Waals surface area contributed by atoms with Crippen LogP contribution in [0.5, 0.6) is 5.75 Å². The third-order valence-corrected chi connectivity index (χ3v) is 4.61. The van der Waals surface area contributed by atoms with Crippen LogP contribution >= 0.6 is 11.3 Å². The molecule has 0 radical (unpaired) electrons. The second-order valence-electron chi connectivity index (χ2n) is 4.44. The zero-order chi connectivity index (χ0) is 15.5. The molecule has 1 unspecified atom stereocenters. The zero-order valence-electron chi connectivity index (χ0n) is 12.0. The molecule has 1 atom stereocenters. The van der Waals surface area contributed by atoms with Gasteiger partial charge in [0.05, 0.1) is 39.7 Å². The molecule has 3 rings (SSSR count). The van der Waals surface area contributed by atoms with Gasteiger partial charge in [0.25, 0.3) is 0 Å². The van der Waals surface area contributed by atoms with Gasteiger partial charge in [-0.1, -0.05) is 0 Å². The molecule has 0 aliphatic heterocycles. The fraction of sp³-hybridized carbons (Fsp3) is 0.133. The number of methoxy groups -OCH3 is 1. The van der Waals surface area contributed by atoms with E-state index in [4.69, 9.17) is 4.74 Å². The van der Waals surface area contributed by atoms with Gasteiger partial charge >= 0.3 is 0 Å². The average Bonchev–Trinajstić information content (AvgIpc) is 3.04. The maximum atomic E-state index is 11.6. The number of thiazole rings is 1. The van der Waals surface area contributed by atoms with E-state index in [0.717, 1.165) is 27.6 Å². The Balaban J connectivity index is 2.04. The van der Waals surface area contributed by atoms with Crippen LogP contribution in [-0.2, 0) is 10.8 Å². The molecule has 0 aliphatic rings. The fourth-order valence-corrected chi connectivity index (χ4v) is 3.20. The molecular formula is C15H13N3O2S2. The number of hydrogen-bond donors (Lipinski definition) is 0. The van der Waals surface area contributed by atoms with Crippen LogP contribution in [0.3, 0.4) is 0 Å². The maximum absolute atomic E-state index is 11.6. The highest BCUT2D eigenvalue weighted by Gasteiger charge is 2.14. The third-order valence-electron chi connectivity index (χ3n) is 3.05. The van der Waals surface area contributed by atoms with E-state index in [2.05, 4.69) is 15.0 Å². The van der Waals surface area contributed by atoms with Crippen molar-refractivity contribution >= 4 is 22.1 Å². The second kappa shape index (κ2) is 6.33. The van der Waals surface area contributed by atoms with Gasteiger partial charge in [-0.25, -0.2) is 15.0 Å². The molecule has 112 valence electrons. The van der Waals surface area contributed by atoms with Crippen molar-refractivity contribution in [1.82, 2.24) is 15.0 Å². The lowest BCUT2D eigenvalue weighted by Crippen LogP contribution is -1.97. The molecule has 0 aliphatic carbocycles. The van der Waals surface area contributed by atoms with Gasteiger partial charge in [0.1, 0.15) is 5.75 Å². The summed E-state index contributed by atoms with van der Waals surface area (Å²) in [5.41, 5.74) is 4.34. The summed E-state index contributed by atoms with van der Waals surface area (Å²) in [6.45, 7) is 0. The van der Waals surface area contributed by atoms with E-state index >= 15 is 0 Å². The Morgan fingerprint density at radius 2 is 1.91 bits per heavy atom. The van der Waals surface area contributed by atoms with Gasteiger partial charge in [-0.3, -0.25) is 4.21 Å². The Hall–Kier alpha value is -2.12. The summed E-state index contributed by atoms with van der Waals surface area (Å²) in [6.07, 6.45) is 3.19. The molecule has 2 heterocycles. The first-order valence-electron chi connectivity index (χ1n) is 6.44. The predicted molar refractivity (Wildman–Crippen MR) is 87.5 cm³/mol. The van der Waals surface area contributed by atoms with E-state index in [0.29, 0.717) is 5.16 Å². The third kappa shape index (κ3) is 2.90. The van der Waals surface area contributed by atoms with E-state index in [1.54, 1.807) is 31.1 Å². The molecule has 0 bridgehead atoms. The normalized spacial score (nSPS) is 12.1. The molecule has 5 nitrogen and oxygen atoms in total. The summed E-state index contributed by atoms with van der Waals surface area (Å²) in [7, 11) is 0.425. The van der Waals surface area contributed by atoms with Crippen molar-refractivity contribution in [3.8, 4) is 27.6 Å². The second-order valence-corrected chi connectivity index (χ2v) is 6.57. The molecule has 0 saturated heterocycles. The Labute approximate surface area is 134 Å². The van der Waals surface area contributed by atoms with E-state index in [1.165, 1.54) is 11.3 Å². The average molecular weight is 331 g/mol. The molecule has 0 spiro atoms. The summed E-state index contributed by atoms with van der Waals surface area (Å²) < 4.78 is 16.7. The van der Waals surface area contributed by atoms with Crippen molar-refractivity contribution in [2.75, 3.05) is 13.4 Å². The van der Waals surface area contributed by atoms with Gasteiger partial charge in [0.2, 0.25) is 5.16 Å². The Morgan fingerprint density at radius 3 is 2.59 bits per heavy atom. The summed E-state index contributed by atoms with van der Waals surface area (Å²) in [6, 6.07) is 9.50. The van der Waals surface area contributed by atoms with Crippen molar-refractivity contribution in [2.24, 2.45) is 0 Å². The van der Waals surface area contributed by atoms with E-state index in [9.17, 15) is 4.21 Å². The standard InChI is InChI=1S/C15H13N3O2S2/c1-20-11-5-3-10(4-6-11)13-14(21-9-17-13)12-7-8-16-15(18-12)22(2)19/h3-9H,1-2H3. The number of hydrogen-bond acceptors (Lipinski definition) is 6. The lowest BCUT2D eigenvalue weighted by molar-refractivity contribution is 0.415. The van der Waals surface area contributed by atoms with Gasteiger partial charge in [0.15, 0.2) is 0 Å². The molecule has 0 saturated carbocycles. The monoisotopic (exact) mass is 331 g/mol. The highest BCUT2D eigenvalue weighted by atomic mass is 32.2. The van der Waals surface area contributed by atoms with Gasteiger partial charge in [0, 0.05) is 18.0 Å². The first-order chi connectivity index (χ1) is 10.7.